The predicted molar refractivity (Wildman–Crippen MR) is 37.4 cm³/mol. The van der Waals surface area contributed by atoms with E-state index in [4.69, 9.17) is 10.5 Å². The van der Waals surface area contributed by atoms with E-state index in [1.54, 1.807) is 6.92 Å². The number of carbonyl (C=O) groups excluding carboxylic acids is 1. The molecule has 1 saturated carbocycles. The van der Waals surface area contributed by atoms with Gasteiger partial charge in [0.1, 0.15) is 6.10 Å². The van der Waals surface area contributed by atoms with Crippen LogP contribution in [0.3, 0.4) is 0 Å². The second-order valence-corrected chi connectivity index (χ2v) is 2.73. The Morgan fingerprint density at radius 2 is 2.30 bits per heavy atom. The van der Waals surface area contributed by atoms with Crippen molar-refractivity contribution in [1.82, 2.24) is 0 Å². The summed E-state index contributed by atoms with van der Waals surface area (Å²) in [5, 5.41) is 0. The SMILES string of the molecule is C[C@H](OC1CCC1)C(N)=O. The van der Waals surface area contributed by atoms with Gasteiger partial charge in [-0.15, -0.1) is 0 Å². The molecule has 0 saturated heterocycles. The van der Waals surface area contributed by atoms with Gasteiger partial charge >= 0.3 is 0 Å². The Balaban J connectivity index is 2.16. The Hall–Kier alpha value is -0.570. The van der Waals surface area contributed by atoms with Gasteiger partial charge in [0.15, 0.2) is 0 Å². The highest BCUT2D eigenvalue weighted by atomic mass is 16.5. The predicted octanol–water partition coefficient (Wildman–Crippen LogP) is 0.429. The van der Waals surface area contributed by atoms with Crippen LogP contribution in [0.25, 0.3) is 0 Å². The standard InChI is InChI=1S/C7H13NO2/c1-5(7(8)9)10-6-3-2-4-6/h5-6H,2-4H2,1H3,(H2,8,9)/t5-/m0/s1. The Morgan fingerprint density at radius 3 is 2.60 bits per heavy atom. The van der Waals surface area contributed by atoms with Crippen molar-refractivity contribution in [3.63, 3.8) is 0 Å². The second-order valence-electron chi connectivity index (χ2n) is 2.73. The van der Waals surface area contributed by atoms with Gasteiger partial charge in [0.05, 0.1) is 6.10 Å². The normalized spacial score (nSPS) is 21.7. The molecule has 0 aromatic heterocycles. The van der Waals surface area contributed by atoms with Crippen LogP contribution in [-0.4, -0.2) is 18.1 Å². The minimum absolute atomic E-state index is 0.294. The molecule has 3 nitrogen and oxygen atoms in total. The molecule has 1 aliphatic carbocycles. The fourth-order valence-electron chi connectivity index (χ4n) is 0.863. The van der Waals surface area contributed by atoms with Crippen LogP contribution >= 0.6 is 0 Å². The summed E-state index contributed by atoms with van der Waals surface area (Å²) in [4.78, 5) is 10.5. The first-order chi connectivity index (χ1) is 4.70. The zero-order valence-corrected chi connectivity index (χ0v) is 6.17. The van der Waals surface area contributed by atoms with E-state index in [1.807, 2.05) is 0 Å². The van der Waals surface area contributed by atoms with Crippen LogP contribution in [0.2, 0.25) is 0 Å². The quantitative estimate of drug-likeness (QED) is 0.622. The molecule has 0 spiro atoms. The van der Waals surface area contributed by atoms with E-state index in [0.29, 0.717) is 6.10 Å². The van der Waals surface area contributed by atoms with E-state index < -0.39 is 6.10 Å². The molecule has 0 radical (unpaired) electrons. The first kappa shape index (κ1) is 7.54. The van der Waals surface area contributed by atoms with E-state index >= 15 is 0 Å². The highest BCUT2D eigenvalue weighted by molar-refractivity contribution is 5.78. The van der Waals surface area contributed by atoms with Crippen molar-refractivity contribution < 1.29 is 9.53 Å². The van der Waals surface area contributed by atoms with Crippen LogP contribution in [-0.2, 0) is 9.53 Å². The Labute approximate surface area is 60.5 Å². The van der Waals surface area contributed by atoms with Gasteiger partial charge in [-0.25, -0.2) is 0 Å². The van der Waals surface area contributed by atoms with Crippen LogP contribution in [0, 0.1) is 0 Å². The Morgan fingerprint density at radius 1 is 1.70 bits per heavy atom. The van der Waals surface area contributed by atoms with Gasteiger partial charge in [0, 0.05) is 0 Å². The average Bonchev–Trinajstić information content (AvgIpc) is 1.77. The van der Waals surface area contributed by atoms with Crippen molar-refractivity contribution in [3.8, 4) is 0 Å². The number of ether oxygens (including phenoxy) is 1. The molecule has 0 bridgehead atoms. The number of hydrogen-bond acceptors (Lipinski definition) is 2. The van der Waals surface area contributed by atoms with Crippen molar-refractivity contribution in [3.05, 3.63) is 0 Å². The second kappa shape index (κ2) is 3.01. The molecule has 0 unspecified atom stereocenters. The van der Waals surface area contributed by atoms with E-state index in [-0.39, 0.29) is 5.91 Å². The van der Waals surface area contributed by atoms with Crippen LogP contribution in [0.5, 0.6) is 0 Å². The van der Waals surface area contributed by atoms with Crippen molar-refractivity contribution in [1.29, 1.82) is 0 Å². The van der Waals surface area contributed by atoms with Gasteiger partial charge in [-0.2, -0.15) is 0 Å². The van der Waals surface area contributed by atoms with Gasteiger partial charge in [-0.1, -0.05) is 0 Å². The fraction of sp³-hybridized carbons (Fsp3) is 0.857. The number of nitrogens with two attached hydrogens (primary N) is 1. The molecule has 0 heterocycles. The summed E-state index contributed by atoms with van der Waals surface area (Å²) < 4.78 is 5.27. The molecular weight excluding hydrogens is 130 g/mol. The van der Waals surface area contributed by atoms with E-state index in [0.717, 1.165) is 12.8 Å². The van der Waals surface area contributed by atoms with E-state index in [9.17, 15) is 4.79 Å². The summed E-state index contributed by atoms with van der Waals surface area (Å²) in [6.45, 7) is 1.70. The zero-order valence-electron chi connectivity index (χ0n) is 6.17. The number of primary amides is 1. The van der Waals surface area contributed by atoms with Crippen molar-refractivity contribution in [2.45, 2.75) is 38.4 Å². The summed E-state index contributed by atoms with van der Waals surface area (Å²) in [7, 11) is 0. The maximum absolute atomic E-state index is 10.5. The molecule has 1 amide bonds. The molecular formula is C7H13NO2. The smallest absolute Gasteiger partial charge is 0.246 e. The molecule has 1 rings (SSSR count). The van der Waals surface area contributed by atoms with Gasteiger partial charge in [0.2, 0.25) is 5.91 Å². The third-order valence-corrected chi connectivity index (χ3v) is 1.85. The summed E-state index contributed by atoms with van der Waals surface area (Å²) in [6, 6.07) is 0. The first-order valence-corrected chi connectivity index (χ1v) is 3.65. The highest BCUT2D eigenvalue weighted by Gasteiger charge is 2.22. The number of rotatable bonds is 3. The monoisotopic (exact) mass is 143 g/mol. The molecule has 1 atom stereocenters. The zero-order chi connectivity index (χ0) is 7.56. The summed E-state index contributed by atoms with van der Waals surface area (Å²) in [5.41, 5.74) is 5.00. The van der Waals surface area contributed by atoms with Gasteiger partial charge < -0.3 is 10.5 Å². The maximum Gasteiger partial charge on any atom is 0.246 e. The van der Waals surface area contributed by atoms with Crippen LogP contribution in [0.15, 0.2) is 0 Å². The number of amides is 1. The Kier molecular flexibility index (Phi) is 2.27. The average molecular weight is 143 g/mol. The largest absolute Gasteiger partial charge is 0.367 e. The van der Waals surface area contributed by atoms with Crippen LogP contribution < -0.4 is 5.73 Å². The molecule has 0 aromatic carbocycles. The summed E-state index contributed by atoms with van der Waals surface area (Å²) >= 11 is 0. The molecule has 0 aliphatic heterocycles. The first-order valence-electron chi connectivity index (χ1n) is 3.65. The molecule has 2 N–H and O–H groups in total. The fourth-order valence-corrected chi connectivity index (χ4v) is 0.863. The van der Waals surface area contributed by atoms with Gasteiger partial charge in [-0.3, -0.25) is 4.79 Å². The molecule has 1 aliphatic rings. The molecule has 1 fully saturated rings. The van der Waals surface area contributed by atoms with Crippen molar-refractivity contribution in [2.75, 3.05) is 0 Å². The summed E-state index contributed by atoms with van der Waals surface area (Å²) in [6.07, 6.45) is 3.26. The lowest BCUT2D eigenvalue weighted by molar-refractivity contribution is -0.135. The molecule has 3 heteroatoms. The lowest BCUT2D eigenvalue weighted by atomic mass is 9.96. The van der Waals surface area contributed by atoms with Gasteiger partial charge in [-0.05, 0) is 26.2 Å². The van der Waals surface area contributed by atoms with Crippen LogP contribution in [0.1, 0.15) is 26.2 Å². The van der Waals surface area contributed by atoms with Crippen LogP contribution in [0.4, 0.5) is 0 Å². The third-order valence-electron chi connectivity index (χ3n) is 1.85. The minimum atomic E-state index is -0.412. The maximum atomic E-state index is 10.5. The topological polar surface area (TPSA) is 52.3 Å². The van der Waals surface area contributed by atoms with Gasteiger partial charge in [0.25, 0.3) is 0 Å². The molecule has 10 heavy (non-hydrogen) atoms. The lowest BCUT2D eigenvalue weighted by Gasteiger charge is -2.27. The van der Waals surface area contributed by atoms with Crippen molar-refractivity contribution in [2.24, 2.45) is 5.73 Å². The molecule has 0 aromatic rings. The number of carbonyl (C=O) groups is 1. The Bertz CT molecular complexity index is 132. The highest BCUT2D eigenvalue weighted by Crippen LogP contribution is 2.22. The lowest BCUT2D eigenvalue weighted by Crippen LogP contribution is -2.34. The molecule has 58 valence electrons. The van der Waals surface area contributed by atoms with E-state index in [1.165, 1.54) is 6.42 Å². The minimum Gasteiger partial charge on any atom is -0.367 e. The van der Waals surface area contributed by atoms with E-state index in [2.05, 4.69) is 0 Å². The third kappa shape index (κ3) is 1.70. The summed E-state index contributed by atoms with van der Waals surface area (Å²) in [5.74, 6) is -0.369. The number of hydrogen-bond donors (Lipinski definition) is 1. The van der Waals surface area contributed by atoms with Crippen molar-refractivity contribution >= 4 is 5.91 Å².